The molecule has 1 aliphatic rings. The van der Waals surface area contributed by atoms with E-state index in [1.165, 1.54) is 0 Å². The van der Waals surface area contributed by atoms with Gasteiger partial charge in [0.2, 0.25) is 0 Å². The first-order valence-electron chi connectivity index (χ1n) is 4.69. The molecule has 4 nitrogen and oxygen atoms in total. The van der Waals surface area contributed by atoms with E-state index in [1.807, 2.05) is 4.90 Å². The molecule has 0 aliphatic carbocycles. The zero-order chi connectivity index (χ0) is 10.0. The molecular weight excluding hydrogens is 168 g/mol. The van der Waals surface area contributed by atoms with Gasteiger partial charge in [0.25, 0.3) is 0 Å². The summed E-state index contributed by atoms with van der Waals surface area (Å²) in [5, 5.41) is 8.83. The molecular formula is C9H18N2O2. The van der Waals surface area contributed by atoms with Crippen molar-refractivity contribution in [2.24, 2.45) is 0 Å². The Hall–Kier alpha value is -0.610. The lowest BCUT2D eigenvalue weighted by atomic mass is 10.1. The smallest absolute Gasteiger partial charge is 0.320 e. The molecule has 0 spiro atoms. The van der Waals surface area contributed by atoms with E-state index in [1.54, 1.807) is 6.92 Å². The Labute approximate surface area is 79.1 Å². The third-order valence-electron chi connectivity index (χ3n) is 2.90. The van der Waals surface area contributed by atoms with E-state index in [0.29, 0.717) is 6.04 Å². The minimum Gasteiger partial charge on any atom is -0.480 e. The summed E-state index contributed by atoms with van der Waals surface area (Å²) in [7, 11) is 2.08. The first kappa shape index (κ1) is 10.5. The Balaban J connectivity index is 2.50. The van der Waals surface area contributed by atoms with Crippen LogP contribution in [0.15, 0.2) is 0 Å². The van der Waals surface area contributed by atoms with Gasteiger partial charge in [-0.25, -0.2) is 0 Å². The zero-order valence-electron chi connectivity index (χ0n) is 8.53. The van der Waals surface area contributed by atoms with E-state index in [0.717, 1.165) is 19.6 Å². The van der Waals surface area contributed by atoms with Crippen molar-refractivity contribution >= 4 is 5.97 Å². The molecule has 0 aromatic heterocycles. The molecule has 0 aromatic carbocycles. The normalized spacial score (nSPS) is 28.7. The SMILES string of the molecule is C[C@H](C(=O)O)N1CCN(C)[C@@H](C)C1. The molecule has 1 fully saturated rings. The van der Waals surface area contributed by atoms with Gasteiger partial charge in [-0.2, -0.15) is 0 Å². The van der Waals surface area contributed by atoms with Crippen molar-refractivity contribution in [2.75, 3.05) is 26.7 Å². The molecule has 76 valence electrons. The van der Waals surface area contributed by atoms with Crippen molar-refractivity contribution in [3.63, 3.8) is 0 Å². The monoisotopic (exact) mass is 186 g/mol. The molecule has 0 saturated carbocycles. The number of hydrogen-bond acceptors (Lipinski definition) is 3. The summed E-state index contributed by atoms with van der Waals surface area (Å²) in [4.78, 5) is 15.0. The molecule has 1 saturated heterocycles. The fourth-order valence-electron chi connectivity index (χ4n) is 1.58. The van der Waals surface area contributed by atoms with Gasteiger partial charge in [-0.3, -0.25) is 9.69 Å². The summed E-state index contributed by atoms with van der Waals surface area (Å²) in [5.41, 5.74) is 0. The van der Waals surface area contributed by atoms with E-state index in [9.17, 15) is 4.79 Å². The summed E-state index contributed by atoms with van der Waals surface area (Å²) in [6.07, 6.45) is 0. The van der Waals surface area contributed by atoms with Crippen LogP contribution in [0.1, 0.15) is 13.8 Å². The fraction of sp³-hybridized carbons (Fsp3) is 0.889. The number of carbonyl (C=O) groups is 1. The third-order valence-corrected chi connectivity index (χ3v) is 2.90. The molecule has 1 rings (SSSR count). The van der Waals surface area contributed by atoms with Gasteiger partial charge < -0.3 is 10.0 Å². The van der Waals surface area contributed by atoms with Crippen molar-refractivity contribution < 1.29 is 9.90 Å². The molecule has 0 amide bonds. The minimum atomic E-state index is -0.725. The number of carboxylic acids is 1. The average molecular weight is 186 g/mol. The second-order valence-corrected chi connectivity index (χ2v) is 3.84. The van der Waals surface area contributed by atoms with Crippen LogP contribution in [0, 0.1) is 0 Å². The Morgan fingerprint density at radius 2 is 2.15 bits per heavy atom. The second kappa shape index (κ2) is 4.07. The molecule has 13 heavy (non-hydrogen) atoms. The van der Waals surface area contributed by atoms with E-state index < -0.39 is 5.97 Å². The van der Waals surface area contributed by atoms with Crippen LogP contribution < -0.4 is 0 Å². The third kappa shape index (κ3) is 2.42. The highest BCUT2D eigenvalue weighted by atomic mass is 16.4. The first-order valence-corrected chi connectivity index (χ1v) is 4.69. The van der Waals surface area contributed by atoms with Gasteiger partial charge in [0.1, 0.15) is 6.04 Å². The van der Waals surface area contributed by atoms with Gasteiger partial charge in [0, 0.05) is 25.7 Å². The molecule has 2 atom stereocenters. The van der Waals surface area contributed by atoms with Crippen LogP contribution in [-0.2, 0) is 4.79 Å². The van der Waals surface area contributed by atoms with Gasteiger partial charge in [-0.15, -0.1) is 0 Å². The molecule has 1 aliphatic heterocycles. The molecule has 1 heterocycles. The molecule has 0 aromatic rings. The molecule has 0 bridgehead atoms. The number of rotatable bonds is 2. The topological polar surface area (TPSA) is 43.8 Å². The summed E-state index contributed by atoms with van der Waals surface area (Å²) in [6, 6.07) is 0.103. The number of hydrogen-bond donors (Lipinski definition) is 1. The standard InChI is InChI=1S/C9H18N2O2/c1-7-6-11(5-4-10(7)3)8(2)9(12)13/h7-8H,4-6H2,1-3H3,(H,12,13)/t7-,8+/m0/s1. The maximum atomic E-state index is 10.7. The lowest BCUT2D eigenvalue weighted by Gasteiger charge is -2.39. The maximum Gasteiger partial charge on any atom is 0.320 e. The van der Waals surface area contributed by atoms with Crippen molar-refractivity contribution in [1.29, 1.82) is 0 Å². The van der Waals surface area contributed by atoms with E-state index in [4.69, 9.17) is 5.11 Å². The Morgan fingerprint density at radius 1 is 1.54 bits per heavy atom. The Bertz CT molecular complexity index is 196. The van der Waals surface area contributed by atoms with Crippen LogP contribution in [0.5, 0.6) is 0 Å². The second-order valence-electron chi connectivity index (χ2n) is 3.84. The molecule has 4 heteroatoms. The van der Waals surface area contributed by atoms with Gasteiger partial charge in [0.05, 0.1) is 0 Å². The highest BCUT2D eigenvalue weighted by molar-refractivity contribution is 5.72. The van der Waals surface area contributed by atoms with Crippen LogP contribution in [-0.4, -0.2) is 59.6 Å². The quantitative estimate of drug-likeness (QED) is 0.664. The number of carboxylic acid groups (broad SMARTS) is 1. The summed E-state index contributed by atoms with van der Waals surface area (Å²) < 4.78 is 0. The highest BCUT2D eigenvalue weighted by Crippen LogP contribution is 2.10. The molecule has 1 N–H and O–H groups in total. The number of aliphatic carboxylic acids is 1. The highest BCUT2D eigenvalue weighted by Gasteiger charge is 2.27. The maximum absolute atomic E-state index is 10.7. The van der Waals surface area contributed by atoms with Gasteiger partial charge in [-0.1, -0.05) is 0 Å². The lowest BCUT2D eigenvalue weighted by Crippen LogP contribution is -2.54. The van der Waals surface area contributed by atoms with Crippen molar-refractivity contribution in [3.8, 4) is 0 Å². The van der Waals surface area contributed by atoms with E-state index >= 15 is 0 Å². The van der Waals surface area contributed by atoms with Crippen LogP contribution in [0.2, 0.25) is 0 Å². The van der Waals surface area contributed by atoms with Crippen LogP contribution in [0.3, 0.4) is 0 Å². The number of likely N-dealkylation sites (N-methyl/N-ethyl adjacent to an activating group) is 1. The van der Waals surface area contributed by atoms with Gasteiger partial charge in [-0.05, 0) is 20.9 Å². The molecule has 0 radical (unpaired) electrons. The predicted octanol–water partition coefficient (Wildman–Crippen LogP) is 0.0954. The van der Waals surface area contributed by atoms with Crippen LogP contribution in [0.4, 0.5) is 0 Å². The largest absolute Gasteiger partial charge is 0.480 e. The van der Waals surface area contributed by atoms with Gasteiger partial charge >= 0.3 is 5.97 Å². The van der Waals surface area contributed by atoms with E-state index in [2.05, 4.69) is 18.9 Å². The summed E-state index contributed by atoms with van der Waals surface area (Å²) >= 11 is 0. The van der Waals surface area contributed by atoms with Gasteiger partial charge in [0.15, 0.2) is 0 Å². The van der Waals surface area contributed by atoms with Crippen LogP contribution >= 0.6 is 0 Å². The zero-order valence-corrected chi connectivity index (χ0v) is 8.53. The Kier molecular flexibility index (Phi) is 3.27. The Morgan fingerprint density at radius 3 is 2.62 bits per heavy atom. The summed E-state index contributed by atoms with van der Waals surface area (Å²) in [6.45, 7) is 6.54. The average Bonchev–Trinajstić information content (AvgIpc) is 2.08. The summed E-state index contributed by atoms with van der Waals surface area (Å²) in [5.74, 6) is -0.725. The number of piperazine rings is 1. The predicted molar refractivity (Wildman–Crippen MR) is 50.8 cm³/mol. The van der Waals surface area contributed by atoms with E-state index in [-0.39, 0.29) is 6.04 Å². The fourth-order valence-corrected chi connectivity index (χ4v) is 1.58. The lowest BCUT2D eigenvalue weighted by molar-refractivity contribution is -0.143. The van der Waals surface area contributed by atoms with Crippen molar-refractivity contribution in [3.05, 3.63) is 0 Å². The number of nitrogens with zero attached hydrogens (tertiary/aromatic N) is 2. The minimum absolute atomic E-state index is 0.351. The molecule has 0 unspecified atom stereocenters. The first-order chi connectivity index (χ1) is 6.02. The van der Waals surface area contributed by atoms with Crippen LogP contribution in [0.25, 0.3) is 0 Å². The van der Waals surface area contributed by atoms with Crippen molar-refractivity contribution in [2.45, 2.75) is 25.9 Å². The van der Waals surface area contributed by atoms with Crippen molar-refractivity contribution in [1.82, 2.24) is 9.80 Å².